The second-order valence-corrected chi connectivity index (χ2v) is 4.39. The molecule has 2 aromatic heterocycles. The van der Waals surface area contributed by atoms with E-state index in [2.05, 4.69) is 9.97 Å². The molecular formula is C13H14N4S. The summed E-state index contributed by atoms with van der Waals surface area (Å²) in [7, 11) is 1.97. The molecule has 0 amide bonds. The van der Waals surface area contributed by atoms with Gasteiger partial charge in [0.1, 0.15) is 10.8 Å². The summed E-state index contributed by atoms with van der Waals surface area (Å²) >= 11 is 4.89. The Balaban J connectivity index is 2.09. The van der Waals surface area contributed by atoms with E-state index in [1.54, 1.807) is 12.4 Å². The Labute approximate surface area is 111 Å². The fourth-order valence-electron chi connectivity index (χ4n) is 1.57. The zero-order chi connectivity index (χ0) is 13.0. The molecule has 4 nitrogen and oxygen atoms in total. The number of aromatic nitrogens is 2. The summed E-state index contributed by atoms with van der Waals surface area (Å²) in [5.74, 6) is 0.862. The molecule has 2 N–H and O–H groups in total. The molecule has 2 aromatic rings. The third kappa shape index (κ3) is 3.01. The van der Waals surface area contributed by atoms with Crippen LogP contribution in [0.2, 0.25) is 0 Å². The van der Waals surface area contributed by atoms with Crippen molar-refractivity contribution in [1.82, 2.24) is 9.97 Å². The minimum absolute atomic E-state index is 0.362. The quantitative estimate of drug-likeness (QED) is 0.847. The first kappa shape index (κ1) is 12.4. The summed E-state index contributed by atoms with van der Waals surface area (Å²) in [5.41, 5.74) is 7.31. The lowest BCUT2D eigenvalue weighted by molar-refractivity contribution is 0.866. The SMILES string of the molecule is CN(Cc1ccccn1)c1ccc(C(N)=S)cn1. The van der Waals surface area contributed by atoms with Gasteiger partial charge in [0, 0.05) is 25.0 Å². The number of hydrogen-bond acceptors (Lipinski definition) is 4. The average molecular weight is 258 g/mol. The maximum Gasteiger partial charge on any atom is 0.128 e. The van der Waals surface area contributed by atoms with E-state index in [0.717, 1.165) is 17.1 Å². The Morgan fingerprint density at radius 3 is 2.67 bits per heavy atom. The summed E-state index contributed by atoms with van der Waals surface area (Å²) in [6.45, 7) is 0.709. The predicted molar refractivity (Wildman–Crippen MR) is 76.5 cm³/mol. The Bertz CT molecular complexity index is 524. The van der Waals surface area contributed by atoms with E-state index < -0.39 is 0 Å². The van der Waals surface area contributed by atoms with Gasteiger partial charge in [0.15, 0.2) is 0 Å². The van der Waals surface area contributed by atoms with Crippen LogP contribution in [0.5, 0.6) is 0 Å². The average Bonchev–Trinajstić information content (AvgIpc) is 2.40. The number of thiocarbonyl (C=S) groups is 1. The number of hydrogen-bond donors (Lipinski definition) is 1. The number of nitrogens with zero attached hydrogens (tertiary/aromatic N) is 3. The molecule has 0 radical (unpaired) electrons. The van der Waals surface area contributed by atoms with Crippen LogP contribution < -0.4 is 10.6 Å². The molecule has 0 saturated heterocycles. The third-order valence-electron chi connectivity index (χ3n) is 2.55. The molecule has 0 aliphatic rings. The number of rotatable bonds is 4. The first-order valence-electron chi connectivity index (χ1n) is 5.54. The summed E-state index contributed by atoms with van der Waals surface area (Å²) in [5, 5.41) is 0. The molecule has 0 atom stereocenters. The van der Waals surface area contributed by atoms with Gasteiger partial charge >= 0.3 is 0 Å². The van der Waals surface area contributed by atoms with Gasteiger partial charge in [-0.25, -0.2) is 4.98 Å². The predicted octanol–water partition coefficient (Wildman–Crippen LogP) is 1.75. The van der Waals surface area contributed by atoms with Crippen molar-refractivity contribution in [3.8, 4) is 0 Å². The molecule has 2 heterocycles. The van der Waals surface area contributed by atoms with E-state index in [4.69, 9.17) is 18.0 Å². The van der Waals surface area contributed by atoms with Crippen LogP contribution in [0.4, 0.5) is 5.82 Å². The van der Waals surface area contributed by atoms with Crippen LogP contribution in [0.15, 0.2) is 42.7 Å². The maximum atomic E-state index is 5.53. The molecular weight excluding hydrogens is 244 g/mol. The van der Waals surface area contributed by atoms with E-state index in [1.165, 1.54) is 0 Å². The summed E-state index contributed by atoms with van der Waals surface area (Å²) in [4.78, 5) is 11.0. The highest BCUT2D eigenvalue weighted by Gasteiger charge is 2.04. The molecule has 0 saturated carbocycles. The van der Waals surface area contributed by atoms with E-state index in [9.17, 15) is 0 Å². The van der Waals surface area contributed by atoms with Crippen LogP contribution in [0.1, 0.15) is 11.3 Å². The molecule has 2 rings (SSSR count). The maximum absolute atomic E-state index is 5.53. The smallest absolute Gasteiger partial charge is 0.128 e. The Hall–Kier alpha value is -2.01. The van der Waals surface area contributed by atoms with E-state index in [1.807, 2.05) is 42.3 Å². The van der Waals surface area contributed by atoms with Crippen molar-refractivity contribution in [2.45, 2.75) is 6.54 Å². The molecule has 0 fully saturated rings. The van der Waals surface area contributed by atoms with Crippen molar-refractivity contribution in [3.63, 3.8) is 0 Å². The zero-order valence-electron chi connectivity index (χ0n) is 10.1. The highest BCUT2D eigenvalue weighted by molar-refractivity contribution is 7.80. The minimum Gasteiger partial charge on any atom is -0.389 e. The highest BCUT2D eigenvalue weighted by atomic mass is 32.1. The Kier molecular flexibility index (Phi) is 3.84. The normalized spacial score (nSPS) is 10.1. The van der Waals surface area contributed by atoms with E-state index >= 15 is 0 Å². The van der Waals surface area contributed by atoms with Crippen molar-refractivity contribution in [1.29, 1.82) is 0 Å². The van der Waals surface area contributed by atoms with Crippen LogP contribution in [-0.4, -0.2) is 22.0 Å². The van der Waals surface area contributed by atoms with Crippen molar-refractivity contribution in [3.05, 3.63) is 54.0 Å². The topological polar surface area (TPSA) is 55.0 Å². The van der Waals surface area contributed by atoms with Gasteiger partial charge in [-0.3, -0.25) is 4.98 Å². The lowest BCUT2D eigenvalue weighted by atomic mass is 10.2. The van der Waals surface area contributed by atoms with Gasteiger partial charge in [-0.1, -0.05) is 18.3 Å². The summed E-state index contributed by atoms with van der Waals surface area (Å²) in [6, 6.07) is 9.63. The Morgan fingerprint density at radius 2 is 2.11 bits per heavy atom. The largest absolute Gasteiger partial charge is 0.389 e. The second kappa shape index (κ2) is 5.55. The monoisotopic (exact) mass is 258 g/mol. The standard InChI is InChI=1S/C13H14N4S/c1-17(9-11-4-2-3-7-15-11)12-6-5-10(8-16-12)13(14)18/h2-8H,9H2,1H3,(H2,14,18). The zero-order valence-corrected chi connectivity index (χ0v) is 10.9. The lowest BCUT2D eigenvalue weighted by Gasteiger charge is -2.17. The number of pyridine rings is 2. The highest BCUT2D eigenvalue weighted by Crippen LogP contribution is 2.12. The second-order valence-electron chi connectivity index (χ2n) is 3.95. The van der Waals surface area contributed by atoms with Crippen molar-refractivity contribution < 1.29 is 0 Å². The fourth-order valence-corrected chi connectivity index (χ4v) is 1.69. The van der Waals surface area contributed by atoms with Crippen LogP contribution in [-0.2, 0) is 6.54 Å². The minimum atomic E-state index is 0.362. The van der Waals surface area contributed by atoms with Gasteiger partial charge < -0.3 is 10.6 Å². The molecule has 0 aliphatic heterocycles. The van der Waals surface area contributed by atoms with Gasteiger partial charge in [-0.15, -0.1) is 0 Å². The molecule has 0 spiro atoms. The first-order valence-corrected chi connectivity index (χ1v) is 5.94. The third-order valence-corrected chi connectivity index (χ3v) is 2.78. The molecule has 0 aromatic carbocycles. The molecule has 18 heavy (non-hydrogen) atoms. The van der Waals surface area contributed by atoms with Crippen molar-refractivity contribution in [2.24, 2.45) is 5.73 Å². The van der Waals surface area contributed by atoms with Crippen molar-refractivity contribution >= 4 is 23.0 Å². The van der Waals surface area contributed by atoms with Crippen LogP contribution in [0.25, 0.3) is 0 Å². The molecule has 0 bridgehead atoms. The van der Waals surface area contributed by atoms with Crippen LogP contribution in [0, 0.1) is 0 Å². The molecule has 92 valence electrons. The lowest BCUT2D eigenvalue weighted by Crippen LogP contribution is -2.19. The summed E-state index contributed by atoms with van der Waals surface area (Å²) in [6.07, 6.45) is 3.47. The molecule has 0 unspecified atom stereocenters. The number of anilines is 1. The van der Waals surface area contributed by atoms with Gasteiger partial charge in [0.2, 0.25) is 0 Å². The number of nitrogens with two attached hydrogens (primary N) is 1. The fraction of sp³-hybridized carbons (Fsp3) is 0.154. The van der Waals surface area contributed by atoms with E-state index in [0.29, 0.717) is 11.5 Å². The van der Waals surface area contributed by atoms with Crippen molar-refractivity contribution in [2.75, 3.05) is 11.9 Å². The van der Waals surface area contributed by atoms with E-state index in [-0.39, 0.29) is 0 Å². The summed E-state index contributed by atoms with van der Waals surface area (Å²) < 4.78 is 0. The van der Waals surface area contributed by atoms with Gasteiger partial charge in [-0.05, 0) is 24.3 Å². The first-order chi connectivity index (χ1) is 8.66. The van der Waals surface area contributed by atoms with Gasteiger partial charge in [0.05, 0.1) is 12.2 Å². The van der Waals surface area contributed by atoms with Gasteiger partial charge in [-0.2, -0.15) is 0 Å². The van der Waals surface area contributed by atoms with Crippen LogP contribution >= 0.6 is 12.2 Å². The molecule has 5 heteroatoms. The molecule has 0 aliphatic carbocycles. The Morgan fingerprint density at radius 1 is 1.28 bits per heavy atom. The van der Waals surface area contributed by atoms with Crippen LogP contribution in [0.3, 0.4) is 0 Å². The van der Waals surface area contributed by atoms with Gasteiger partial charge in [0.25, 0.3) is 0 Å².